The first-order chi connectivity index (χ1) is 14.6. The Bertz CT molecular complexity index is 930. The molecule has 0 aliphatic heterocycles. The lowest BCUT2D eigenvalue weighted by molar-refractivity contribution is 0.0944. The molecule has 3 rings (SSSR count). The monoisotopic (exact) mass is 438 g/mol. The second-order valence-corrected chi connectivity index (χ2v) is 8.11. The Morgan fingerprint density at radius 1 is 0.733 bits per heavy atom. The molecule has 2 N–H and O–H groups in total. The summed E-state index contributed by atoms with van der Waals surface area (Å²) in [5.41, 5.74) is 2.28. The SMILES string of the molecule is CSc1ccc(CNC(=O)c2cc(C(=O)NCc3ccc(SC)cc3)ncn2)cc1. The van der Waals surface area contributed by atoms with Crippen molar-refractivity contribution in [2.24, 2.45) is 0 Å². The molecule has 1 aromatic heterocycles. The minimum atomic E-state index is -0.354. The number of carbonyl (C=O) groups is 2. The summed E-state index contributed by atoms with van der Waals surface area (Å²) in [6.45, 7) is 0.760. The standard InChI is InChI=1S/C22H22N4O2S2/c1-29-17-7-3-15(4-8-17)12-23-21(27)19-11-20(26-14-25-19)22(28)24-13-16-5-9-18(30-2)10-6-16/h3-11,14H,12-13H2,1-2H3,(H,23,27)(H,24,28). The lowest BCUT2D eigenvalue weighted by atomic mass is 10.2. The summed E-state index contributed by atoms with van der Waals surface area (Å²) in [6, 6.07) is 17.3. The van der Waals surface area contributed by atoms with E-state index in [9.17, 15) is 9.59 Å². The minimum absolute atomic E-state index is 0.153. The number of hydrogen-bond acceptors (Lipinski definition) is 6. The predicted molar refractivity (Wildman–Crippen MR) is 121 cm³/mol. The van der Waals surface area contributed by atoms with Crippen molar-refractivity contribution in [2.45, 2.75) is 22.9 Å². The van der Waals surface area contributed by atoms with Crippen LogP contribution in [0, 0.1) is 0 Å². The van der Waals surface area contributed by atoms with E-state index in [0.29, 0.717) is 13.1 Å². The molecule has 0 saturated carbocycles. The highest BCUT2D eigenvalue weighted by Crippen LogP contribution is 2.15. The Labute approximate surface area is 184 Å². The normalized spacial score (nSPS) is 10.5. The fourth-order valence-corrected chi connectivity index (χ4v) is 3.45. The van der Waals surface area contributed by atoms with Crippen LogP contribution in [-0.2, 0) is 13.1 Å². The van der Waals surface area contributed by atoms with Gasteiger partial charge in [-0.05, 0) is 47.9 Å². The quantitative estimate of drug-likeness (QED) is 0.521. The number of carbonyl (C=O) groups excluding carboxylic acids is 2. The Kier molecular flexibility index (Phi) is 7.87. The van der Waals surface area contributed by atoms with Crippen molar-refractivity contribution in [1.82, 2.24) is 20.6 Å². The molecular weight excluding hydrogens is 416 g/mol. The second kappa shape index (κ2) is 10.8. The smallest absolute Gasteiger partial charge is 0.270 e. The molecule has 0 radical (unpaired) electrons. The zero-order chi connectivity index (χ0) is 21.3. The van der Waals surface area contributed by atoms with Crippen LogP contribution >= 0.6 is 23.5 Å². The summed E-state index contributed by atoms with van der Waals surface area (Å²) in [5, 5.41) is 5.64. The van der Waals surface area contributed by atoms with Gasteiger partial charge < -0.3 is 10.6 Å². The van der Waals surface area contributed by atoms with Crippen molar-refractivity contribution in [3.05, 3.63) is 83.4 Å². The predicted octanol–water partition coefficient (Wildman–Crippen LogP) is 3.78. The molecule has 0 aliphatic rings. The summed E-state index contributed by atoms with van der Waals surface area (Å²) in [6.07, 6.45) is 5.26. The molecule has 30 heavy (non-hydrogen) atoms. The summed E-state index contributed by atoms with van der Waals surface area (Å²) >= 11 is 3.33. The molecule has 6 nitrogen and oxygen atoms in total. The van der Waals surface area contributed by atoms with Crippen LogP contribution < -0.4 is 10.6 Å². The first-order valence-electron chi connectivity index (χ1n) is 9.23. The van der Waals surface area contributed by atoms with Crippen LogP contribution in [0.15, 0.2) is 70.7 Å². The molecule has 0 bridgehead atoms. The molecule has 2 amide bonds. The van der Waals surface area contributed by atoms with Crippen LogP contribution in [0.5, 0.6) is 0 Å². The van der Waals surface area contributed by atoms with Gasteiger partial charge in [0.25, 0.3) is 11.8 Å². The van der Waals surface area contributed by atoms with Gasteiger partial charge in [0.15, 0.2) is 0 Å². The van der Waals surface area contributed by atoms with E-state index in [2.05, 4.69) is 20.6 Å². The van der Waals surface area contributed by atoms with Crippen molar-refractivity contribution in [3.8, 4) is 0 Å². The maximum atomic E-state index is 12.4. The van der Waals surface area contributed by atoms with E-state index in [1.165, 1.54) is 12.4 Å². The fourth-order valence-electron chi connectivity index (χ4n) is 2.64. The van der Waals surface area contributed by atoms with E-state index < -0.39 is 0 Å². The lowest BCUT2D eigenvalue weighted by Gasteiger charge is -2.08. The van der Waals surface area contributed by atoms with E-state index in [0.717, 1.165) is 20.9 Å². The van der Waals surface area contributed by atoms with Gasteiger partial charge in [-0.15, -0.1) is 23.5 Å². The summed E-state index contributed by atoms with van der Waals surface area (Å²) in [5.74, 6) is -0.707. The number of amides is 2. The fraction of sp³-hybridized carbons (Fsp3) is 0.182. The molecule has 0 atom stereocenters. The molecule has 0 fully saturated rings. The van der Waals surface area contributed by atoms with Crippen LogP contribution in [0.4, 0.5) is 0 Å². The van der Waals surface area contributed by atoms with Crippen LogP contribution in [0.2, 0.25) is 0 Å². The van der Waals surface area contributed by atoms with E-state index in [4.69, 9.17) is 0 Å². The number of benzene rings is 2. The molecule has 154 valence electrons. The van der Waals surface area contributed by atoms with E-state index in [1.54, 1.807) is 23.5 Å². The molecule has 1 heterocycles. The van der Waals surface area contributed by atoms with Gasteiger partial charge in [-0.2, -0.15) is 0 Å². The second-order valence-electron chi connectivity index (χ2n) is 6.35. The average molecular weight is 439 g/mol. The van der Waals surface area contributed by atoms with E-state index in [-0.39, 0.29) is 23.2 Å². The Hall–Kier alpha value is -2.84. The highest BCUT2D eigenvalue weighted by Gasteiger charge is 2.13. The Morgan fingerprint density at radius 3 is 1.50 bits per heavy atom. The van der Waals surface area contributed by atoms with Gasteiger partial charge in [0.05, 0.1) is 0 Å². The van der Waals surface area contributed by atoms with Gasteiger partial charge >= 0.3 is 0 Å². The average Bonchev–Trinajstić information content (AvgIpc) is 2.81. The zero-order valence-corrected chi connectivity index (χ0v) is 18.3. The van der Waals surface area contributed by atoms with Gasteiger partial charge in [-0.25, -0.2) is 9.97 Å². The molecule has 0 unspecified atom stereocenters. The van der Waals surface area contributed by atoms with Crippen LogP contribution in [0.3, 0.4) is 0 Å². The maximum absolute atomic E-state index is 12.4. The first kappa shape index (κ1) is 21.9. The van der Waals surface area contributed by atoms with Crippen molar-refractivity contribution in [1.29, 1.82) is 0 Å². The van der Waals surface area contributed by atoms with Crippen LogP contribution in [0.1, 0.15) is 32.1 Å². The zero-order valence-electron chi connectivity index (χ0n) is 16.7. The number of aromatic nitrogens is 2. The maximum Gasteiger partial charge on any atom is 0.270 e. The number of nitrogens with one attached hydrogen (secondary N) is 2. The molecule has 2 aromatic carbocycles. The van der Waals surface area contributed by atoms with Gasteiger partial charge in [0.2, 0.25) is 0 Å². The van der Waals surface area contributed by atoms with Crippen LogP contribution in [0.25, 0.3) is 0 Å². The Morgan fingerprint density at radius 2 is 1.13 bits per heavy atom. The molecule has 8 heteroatoms. The molecule has 3 aromatic rings. The third-order valence-electron chi connectivity index (χ3n) is 4.36. The summed E-state index contributed by atoms with van der Waals surface area (Å²) in [4.78, 5) is 35.1. The summed E-state index contributed by atoms with van der Waals surface area (Å²) in [7, 11) is 0. The molecule has 0 aliphatic carbocycles. The largest absolute Gasteiger partial charge is 0.347 e. The van der Waals surface area contributed by atoms with Crippen molar-refractivity contribution >= 4 is 35.3 Å². The highest BCUT2D eigenvalue weighted by molar-refractivity contribution is 7.98. The molecule has 0 spiro atoms. The number of thioether (sulfide) groups is 2. The van der Waals surface area contributed by atoms with Gasteiger partial charge in [0.1, 0.15) is 17.7 Å². The van der Waals surface area contributed by atoms with Gasteiger partial charge in [0, 0.05) is 28.9 Å². The lowest BCUT2D eigenvalue weighted by Crippen LogP contribution is -2.27. The minimum Gasteiger partial charge on any atom is -0.347 e. The highest BCUT2D eigenvalue weighted by atomic mass is 32.2. The van der Waals surface area contributed by atoms with E-state index >= 15 is 0 Å². The molecule has 0 saturated heterocycles. The molecular formula is C22H22N4O2S2. The van der Waals surface area contributed by atoms with E-state index in [1.807, 2.05) is 61.0 Å². The van der Waals surface area contributed by atoms with Gasteiger partial charge in [-0.1, -0.05) is 24.3 Å². The number of rotatable bonds is 8. The van der Waals surface area contributed by atoms with Crippen LogP contribution in [-0.4, -0.2) is 34.3 Å². The number of hydrogen-bond donors (Lipinski definition) is 2. The Balaban J connectivity index is 1.56. The number of nitrogens with zero attached hydrogens (tertiary/aromatic N) is 2. The third kappa shape index (κ3) is 6.08. The van der Waals surface area contributed by atoms with Gasteiger partial charge in [-0.3, -0.25) is 9.59 Å². The van der Waals surface area contributed by atoms with Crippen molar-refractivity contribution < 1.29 is 9.59 Å². The third-order valence-corrected chi connectivity index (χ3v) is 5.84. The van der Waals surface area contributed by atoms with Crippen molar-refractivity contribution in [3.63, 3.8) is 0 Å². The summed E-state index contributed by atoms with van der Waals surface area (Å²) < 4.78 is 0. The first-order valence-corrected chi connectivity index (χ1v) is 11.7. The van der Waals surface area contributed by atoms with Crippen molar-refractivity contribution in [2.75, 3.05) is 12.5 Å². The topological polar surface area (TPSA) is 84.0 Å².